The molecular formula is C55H38N4. The Balaban J connectivity index is 1.09. The second kappa shape index (κ2) is 13.8. The Morgan fingerprint density at radius 1 is 0.322 bits per heavy atom. The second-order valence-corrected chi connectivity index (χ2v) is 15.9. The summed E-state index contributed by atoms with van der Waals surface area (Å²) in [6.45, 7) is 4.65. The van der Waals surface area contributed by atoms with E-state index < -0.39 is 0 Å². The van der Waals surface area contributed by atoms with E-state index in [0.29, 0.717) is 17.5 Å². The summed E-state index contributed by atoms with van der Waals surface area (Å²) in [6.07, 6.45) is 0. The SMILES string of the molecule is CC1(C)c2ccccc2-c2cc3c(-c4cccc(-c5ccccc5)c4)cc(-c4cccc(-c5nc(-c6ccccc6)nc(-c6ccc7ccccc7c6)n5)c4)nc3cc21. The molecule has 4 nitrogen and oxygen atoms in total. The Labute approximate surface area is 343 Å². The van der Waals surface area contributed by atoms with Gasteiger partial charge in [0.2, 0.25) is 0 Å². The van der Waals surface area contributed by atoms with E-state index in [0.717, 1.165) is 55.4 Å². The number of fused-ring (bicyclic) bond motifs is 5. The van der Waals surface area contributed by atoms with E-state index in [2.05, 4.69) is 178 Å². The predicted octanol–water partition coefficient (Wildman–Crippen LogP) is 13.9. The Bertz CT molecular complexity index is 3240. The molecule has 10 aromatic rings. The summed E-state index contributed by atoms with van der Waals surface area (Å²) in [5.74, 6) is 1.87. The van der Waals surface area contributed by atoms with E-state index in [1.807, 2.05) is 30.3 Å². The van der Waals surface area contributed by atoms with Gasteiger partial charge in [0.1, 0.15) is 0 Å². The number of aromatic nitrogens is 4. The van der Waals surface area contributed by atoms with Gasteiger partial charge in [-0.15, -0.1) is 0 Å². The molecule has 278 valence electrons. The molecule has 2 aromatic heterocycles. The maximum absolute atomic E-state index is 5.46. The van der Waals surface area contributed by atoms with Crippen molar-refractivity contribution < 1.29 is 0 Å². The average molecular weight is 755 g/mol. The number of pyridine rings is 1. The highest BCUT2D eigenvalue weighted by atomic mass is 15.0. The highest BCUT2D eigenvalue weighted by Crippen LogP contribution is 2.50. The van der Waals surface area contributed by atoms with E-state index in [4.69, 9.17) is 19.9 Å². The zero-order valence-corrected chi connectivity index (χ0v) is 32.8. The van der Waals surface area contributed by atoms with E-state index >= 15 is 0 Å². The first-order valence-electron chi connectivity index (χ1n) is 20.1. The van der Waals surface area contributed by atoms with Gasteiger partial charge in [-0.2, -0.15) is 0 Å². The van der Waals surface area contributed by atoms with Crippen LogP contribution in [0.1, 0.15) is 25.0 Å². The van der Waals surface area contributed by atoms with Gasteiger partial charge in [0.05, 0.1) is 11.2 Å². The van der Waals surface area contributed by atoms with Gasteiger partial charge in [-0.3, -0.25) is 0 Å². The fourth-order valence-corrected chi connectivity index (χ4v) is 8.80. The standard InChI is InChI=1S/C55H38N4/c1-55(2)48-26-12-11-25-44(48)46-32-47-45(40-22-13-21-39(29-40)35-15-5-3-6-16-35)33-50(56-51(47)34-49(46)55)41-23-14-24-42(31-41)53-57-52(37-18-7-4-8-19-37)58-54(59-53)43-28-27-36-17-9-10-20-38(36)30-43/h3-34H,1-2H3. The van der Waals surface area contributed by atoms with Crippen LogP contribution in [0, 0.1) is 0 Å². The molecule has 2 heterocycles. The van der Waals surface area contributed by atoms with Crippen LogP contribution in [0.2, 0.25) is 0 Å². The molecule has 1 aliphatic carbocycles. The fraction of sp³-hybridized carbons (Fsp3) is 0.0545. The molecule has 8 aromatic carbocycles. The Kier molecular flexibility index (Phi) is 8.12. The minimum atomic E-state index is -0.150. The van der Waals surface area contributed by atoms with Gasteiger partial charge in [-0.1, -0.05) is 172 Å². The van der Waals surface area contributed by atoms with Crippen LogP contribution < -0.4 is 0 Å². The number of benzene rings is 8. The molecule has 0 N–H and O–H groups in total. The smallest absolute Gasteiger partial charge is 0.164 e. The van der Waals surface area contributed by atoms with Crippen LogP contribution in [0.3, 0.4) is 0 Å². The molecule has 4 heteroatoms. The molecule has 0 bridgehead atoms. The van der Waals surface area contributed by atoms with Crippen LogP contribution >= 0.6 is 0 Å². The van der Waals surface area contributed by atoms with Crippen LogP contribution in [0.4, 0.5) is 0 Å². The monoisotopic (exact) mass is 754 g/mol. The lowest BCUT2D eigenvalue weighted by Gasteiger charge is -2.22. The molecule has 0 amide bonds. The third-order valence-electron chi connectivity index (χ3n) is 11.9. The first-order chi connectivity index (χ1) is 29.0. The van der Waals surface area contributed by atoms with Crippen molar-refractivity contribution in [1.29, 1.82) is 0 Å². The van der Waals surface area contributed by atoms with Crippen molar-refractivity contribution >= 4 is 21.7 Å². The van der Waals surface area contributed by atoms with Gasteiger partial charge < -0.3 is 0 Å². The van der Waals surface area contributed by atoms with Crippen LogP contribution in [-0.4, -0.2) is 19.9 Å². The molecule has 0 saturated carbocycles. The van der Waals surface area contributed by atoms with Crippen molar-refractivity contribution in [2.24, 2.45) is 0 Å². The van der Waals surface area contributed by atoms with Crippen molar-refractivity contribution in [2.75, 3.05) is 0 Å². The van der Waals surface area contributed by atoms with Gasteiger partial charge >= 0.3 is 0 Å². The van der Waals surface area contributed by atoms with Crippen molar-refractivity contribution in [1.82, 2.24) is 19.9 Å². The van der Waals surface area contributed by atoms with Crippen LogP contribution in [0.5, 0.6) is 0 Å². The van der Waals surface area contributed by atoms with Crippen molar-refractivity contribution in [2.45, 2.75) is 19.3 Å². The zero-order valence-electron chi connectivity index (χ0n) is 32.8. The van der Waals surface area contributed by atoms with E-state index in [-0.39, 0.29) is 5.41 Å². The average Bonchev–Trinajstić information content (AvgIpc) is 3.53. The molecule has 0 saturated heterocycles. The number of rotatable bonds is 6. The topological polar surface area (TPSA) is 51.6 Å². The van der Waals surface area contributed by atoms with Crippen molar-refractivity contribution in [3.8, 4) is 78.8 Å². The van der Waals surface area contributed by atoms with Gasteiger partial charge in [0, 0.05) is 33.1 Å². The first kappa shape index (κ1) is 34.7. The second-order valence-electron chi connectivity index (χ2n) is 15.9. The molecule has 0 fully saturated rings. The summed E-state index contributed by atoms with van der Waals surface area (Å²) in [7, 11) is 0. The predicted molar refractivity (Wildman–Crippen MR) is 243 cm³/mol. The molecule has 0 unspecified atom stereocenters. The van der Waals surface area contributed by atoms with Crippen molar-refractivity contribution in [3.63, 3.8) is 0 Å². The molecule has 11 rings (SSSR count). The van der Waals surface area contributed by atoms with Crippen LogP contribution in [0.15, 0.2) is 194 Å². The van der Waals surface area contributed by atoms with Gasteiger partial charge in [0.15, 0.2) is 17.5 Å². The third-order valence-corrected chi connectivity index (χ3v) is 11.9. The summed E-state index contributed by atoms with van der Waals surface area (Å²) in [4.78, 5) is 20.7. The van der Waals surface area contributed by atoms with Crippen molar-refractivity contribution in [3.05, 3.63) is 205 Å². The molecule has 0 aliphatic heterocycles. The zero-order chi connectivity index (χ0) is 39.5. The van der Waals surface area contributed by atoms with Crippen LogP contribution in [0.25, 0.3) is 100 Å². The summed E-state index contributed by atoms with van der Waals surface area (Å²) >= 11 is 0. The molecular weight excluding hydrogens is 717 g/mol. The van der Waals surface area contributed by atoms with Gasteiger partial charge in [-0.05, 0) is 91.7 Å². The molecule has 0 atom stereocenters. The van der Waals surface area contributed by atoms with Gasteiger partial charge in [0.25, 0.3) is 0 Å². The van der Waals surface area contributed by atoms with E-state index in [9.17, 15) is 0 Å². The number of hydrogen-bond donors (Lipinski definition) is 0. The first-order valence-corrected chi connectivity index (χ1v) is 20.1. The molecule has 0 radical (unpaired) electrons. The normalized spacial score (nSPS) is 12.7. The third kappa shape index (κ3) is 6.09. The van der Waals surface area contributed by atoms with E-state index in [1.165, 1.54) is 38.8 Å². The highest BCUT2D eigenvalue weighted by Gasteiger charge is 2.36. The molecule has 0 spiro atoms. The van der Waals surface area contributed by atoms with Crippen LogP contribution in [-0.2, 0) is 5.41 Å². The minimum absolute atomic E-state index is 0.150. The lowest BCUT2D eigenvalue weighted by molar-refractivity contribution is 0.661. The lowest BCUT2D eigenvalue weighted by atomic mass is 9.82. The molecule has 59 heavy (non-hydrogen) atoms. The number of nitrogens with zero attached hydrogens (tertiary/aromatic N) is 4. The summed E-state index contributed by atoms with van der Waals surface area (Å²) in [5, 5.41) is 3.45. The Hall–Kier alpha value is -7.56. The minimum Gasteiger partial charge on any atom is -0.248 e. The fourth-order valence-electron chi connectivity index (χ4n) is 8.80. The lowest BCUT2D eigenvalue weighted by Crippen LogP contribution is -2.14. The quantitative estimate of drug-likeness (QED) is 0.170. The Morgan fingerprint density at radius 3 is 1.68 bits per heavy atom. The van der Waals surface area contributed by atoms with Gasteiger partial charge in [-0.25, -0.2) is 19.9 Å². The Morgan fingerprint density at radius 2 is 0.898 bits per heavy atom. The summed E-state index contributed by atoms with van der Waals surface area (Å²) < 4.78 is 0. The largest absolute Gasteiger partial charge is 0.248 e. The molecule has 1 aliphatic rings. The maximum atomic E-state index is 5.46. The van der Waals surface area contributed by atoms with E-state index in [1.54, 1.807) is 0 Å². The highest BCUT2D eigenvalue weighted by molar-refractivity contribution is 6.02. The number of hydrogen-bond acceptors (Lipinski definition) is 4. The summed E-state index contributed by atoms with van der Waals surface area (Å²) in [5.41, 5.74) is 15.3. The summed E-state index contributed by atoms with van der Waals surface area (Å²) in [6, 6.07) is 68.6. The maximum Gasteiger partial charge on any atom is 0.164 e.